The van der Waals surface area contributed by atoms with Crippen molar-refractivity contribution in [1.29, 1.82) is 0 Å². The molecule has 2 aromatic rings. The van der Waals surface area contributed by atoms with Crippen molar-refractivity contribution in [2.45, 2.75) is 31.6 Å². The lowest BCUT2D eigenvalue weighted by atomic mass is 9.98. The van der Waals surface area contributed by atoms with Gasteiger partial charge in [-0.1, -0.05) is 31.9 Å². The zero-order valence-electron chi connectivity index (χ0n) is 15.7. The van der Waals surface area contributed by atoms with Gasteiger partial charge in [0.2, 0.25) is 15.9 Å². The lowest BCUT2D eigenvalue weighted by molar-refractivity contribution is -0.120. The Morgan fingerprint density at radius 2 is 1.68 bits per heavy atom. The Morgan fingerprint density at radius 3 is 2.29 bits per heavy atom. The van der Waals surface area contributed by atoms with E-state index in [0.717, 1.165) is 25.8 Å². The Balaban J connectivity index is 1.76. The number of aryl methyl sites for hydroxylation is 2. The average Bonchev–Trinajstić information content (AvgIpc) is 2.65. The second-order valence-electron chi connectivity index (χ2n) is 7.06. The average molecular weight is 530 g/mol. The van der Waals surface area contributed by atoms with Crippen molar-refractivity contribution in [1.82, 2.24) is 4.31 Å². The number of hydrogen-bond donors (Lipinski definition) is 1. The predicted molar refractivity (Wildman–Crippen MR) is 118 cm³/mol. The molecular weight excluding hydrogens is 508 g/mol. The monoisotopic (exact) mass is 528 g/mol. The van der Waals surface area contributed by atoms with Crippen LogP contribution in [-0.4, -0.2) is 31.7 Å². The Labute approximate surface area is 182 Å². The molecule has 3 rings (SSSR count). The van der Waals surface area contributed by atoms with Gasteiger partial charge in [0.15, 0.2) is 0 Å². The first-order valence-corrected chi connectivity index (χ1v) is 12.0. The van der Waals surface area contributed by atoms with Crippen molar-refractivity contribution < 1.29 is 13.2 Å². The third-order valence-electron chi connectivity index (χ3n) is 4.95. The summed E-state index contributed by atoms with van der Waals surface area (Å²) in [5.74, 6) is -0.509. The Bertz CT molecular complexity index is 968. The molecule has 150 valence electrons. The third-order valence-corrected chi connectivity index (χ3v) is 7.82. The highest BCUT2D eigenvalue weighted by molar-refractivity contribution is 9.10. The number of nitrogens with zero attached hydrogens (tertiary/aromatic N) is 1. The van der Waals surface area contributed by atoms with Gasteiger partial charge in [-0.15, -0.1) is 0 Å². The molecule has 1 heterocycles. The molecule has 1 atom stereocenters. The summed E-state index contributed by atoms with van der Waals surface area (Å²) in [7, 11) is -3.61. The van der Waals surface area contributed by atoms with Gasteiger partial charge in [0.25, 0.3) is 0 Å². The number of carbonyl (C=O) groups is 1. The van der Waals surface area contributed by atoms with Crippen LogP contribution in [-0.2, 0) is 14.8 Å². The Kier molecular flexibility index (Phi) is 6.64. The van der Waals surface area contributed by atoms with E-state index in [2.05, 4.69) is 37.2 Å². The highest BCUT2D eigenvalue weighted by Gasteiger charge is 2.33. The van der Waals surface area contributed by atoms with Gasteiger partial charge in [0.05, 0.1) is 10.8 Å². The largest absolute Gasteiger partial charge is 0.325 e. The number of halogens is 2. The van der Waals surface area contributed by atoms with E-state index in [0.29, 0.717) is 19.4 Å². The van der Waals surface area contributed by atoms with Crippen LogP contribution in [0.15, 0.2) is 50.2 Å². The van der Waals surface area contributed by atoms with Crippen LogP contribution < -0.4 is 5.32 Å². The lowest BCUT2D eigenvalue weighted by Crippen LogP contribution is -2.43. The molecular formula is C20H22Br2N2O3S. The molecule has 0 radical (unpaired) electrons. The van der Waals surface area contributed by atoms with Crippen LogP contribution in [0, 0.1) is 19.8 Å². The van der Waals surface area contributed by atoms with Crippen molar-refractivity contribution in [3.8, 4) is 0 Å². The zero-order chi connectivity index (χ0) is 20.5. The minimum atomic E-state index is -3.61. The summed E-state index contributed by atoms with van der Waals surface area (Å²) in [6.07, 6.45) is 1.33. The van der Waals surface area contributed by atoms with Gasteiger partial charge < -0.3 is 5.32 Å². The molecule has 1 aliphatic rings. The normalized spacial score (nSPS) is 18.1. The lowest BCUT2D eigenvalue weighted by Gasteiger charge is -2.31. The Morgan fingerprint density at radius 1 is 1.07 bits per heavy atom. The second kappa shape index (κ2) is 8.65. The molecule has 0 saturated carbocycles. The summed E-state index contributed by atoms with van der Waals surface area (Å²) >= 11 is 6.78. The number of rotatable bonds is 4. The molecule has 5 nitrogen and oxygen atoms in total. The summed E-state index contributed by atoms with van der Waals surface area (Å²) < 4.78 is 29.1. The topological polar surface area (TPSA) is 66.5 Å². The maximum atomic E-state index is 12.9. The van der Waals surface area contributed by atoms with E-state index in [-0.39, 0.29) is 23.3 Å². The maximum absolute atomic E-state index is 12.9. The first-order valence-electron chi connectivity index (χ1n) is 9.02. The second-order valence-corrected chi connectivity index (χ2v) is 10.8. The highest BCUT2D eigenvalue weighted by atomic mass is 79.9. The van der Waals surface area contributed by atoms with Crippen molar-refractivity contribution in [3.05, 3.63) is 56.5 Å². The minimum absolute atomic E-state index is 0.135. The summed E-state index contributed by atoms with van der Waals surface area (Å²) in [6.45, 7) is 4.51. The summed E-state index contributed by atoms with van der Waals surface area (Å²) in [5, 5.41) is 3.01. The summed E-state index contributed by atoms with van der Waals surface area (Å²) in [4.78, 5) is 13.1. The Hall–Kier alpha value is -1.22. The van der Waals surface area contributed by atoms with Crippen LogP contribution in [0.5, 0.6) is 0 Å². The van der Waals surface area contributed by atoms with E-state index < -0.39 is 10.0 Å². The van der Waals surface area contributed by atoms with Gasteiger partial charge in [0.1, 0.15) is 0 Å². The van der Waals surface area contributed by atoms with E-state index in [4.69, 9.17) is 0 Å². The van der Waals surface area contributed by atoms with E-state index in [1.807, 2.05) is 26.0 Å². The maximum Gasteiger partial charge on any atom is 0.243 e. The fraction of sp³-hybridized carbons (Fsp3) is 0.350. The number of sulfonamides is 1. The smallest absolute Gasteiger partial charge is 0.243 e. The summed E-state index contributed by atoms with van der Waals surface area (Å²) in [5.41, 5.74) is 2.73. The molecule has 8 heteroatoms. The van der Waals surface area contributed by atoms with Crippen molar-refractivity contribution >= 4 is 53.5 Å². The highest BCUT2D eigenvalue weighted by Crippen LogP contribution is 2.28. The van der Waals surface area contributed by atoms with Crippen LogP contribution in [0.1, 0.15) is 24.0 Å². The van der Waals surface area contributed by atoms with Crippen molar-refractivity contribution in [3.63, 3.8) is 0 Å². The van der Waals surface area contributed by atoms with Gasteiger partial charge in [-0.3, -0.25) is 4.79 Å². The van der Waals surface area contributed by atoms with E-state index in [1.165, 1.54) is 4.31 Å². The van der Waals surface area contributed by atoms with Crippen LogP contribution >= 0.6 is 31.9 Å². The van der Waals surface area contributed by atoms with E-state index in [1.54, 1.807) is 24.3 Å². The molecule has 0 spiro atoms. The molecule has 0 aliphatic carbocycles. The van der Waals surface area contributed by atoms with Gasteiger partial charge in [-0.2, -0.15) is 4.31 Å². The van der Waals surface area contributed by atoms with Crippen LogP contribution in [0.25, 0.3) is 0 Å². The predicted octanol–water partition coefficient (Wildman–Crippen LogP) is 4.87. The molecule has 28 heavy (non-hydrogen) atoms. The SMILES string of the molecule is Cc1cc(Br)cc(C)c1NC(=O)[C@H]1CCCN(S(=O)(=O)c2ccc(Br)cc2)C1. The molecule has 0 bridgehead atoms. The van der Waals surface area contributed by atoms with Gasteiger partial charge in [-0.05, 0) is 74.2 Å². The fourth-order valence-electron chi connectivity index (χ4n) is 3.46. The minimum Gasteiger partial charge on any atom is -0.325 e. The number of anilines is 1. The van der Waals surface area contributed by atoms with Crippen LogP contribution in [0.3, 0.4) is 0 Å². The molecule has 2 aromatic carbocycles. The third kappa shape index (κ3) is 4.67. The van der Waals surface area contributed by atoms with Crippen molar-refractivity contribution in [2.24, 2.45) is 5.92 Å². The molecule has 1 fully saturated rings. The molecule has 1 saturated heterocycles. The summed E-state index contributed by atoms with van der Waals surface area (Å²) in [6, 6.07) is 10.5. The number of piperidine rings is 1. The number of benzene rings is 2. The van der Waals surface area contributed by atoms with Gasteiger partial charge >= 0.3 is 0 Å². The first-order chi connectivity index (χ1) is 13.2. The van der Waals surface area contributed by atoms with Gasteiger partial charge in [0, 0.05) is 27.7 Å². The molecule has 0 unspecified atom stereocenters. The number of carbonyl (C=O) groups excluding carboxylic acids is 1. The standard InChI is InChI=1S/C20H22Br2N2O3S/c1-13-10-17(22)11-14(2)19(13)23-20(25)15-4-3-9-24(12-15)28(26,27)18-7-5-16(21)6-8-18/h5-8,10-11,15H,3-4,9,12H2,1-2H3,(H,23,25)/t15-/m0/s1. The number of hydrogen-bond acceptors (Lipinski definition) is 3. The van der Waals surface area contributed by atoms with E-state index in [9.17, 15) is 13.2 Å². The van der Waals surface area contributed by atoms with E-state index >= 15 is 0 Å². The molecule has 0 aromatic heterocycles. The van der Waals surface area contributed by atoms with Crippen molar-refractivity contribution in [2.75, 3.05) is 18.4 Å². The number of amides is 1. The quantitative estimate of drug-likeness (QED) is 0.614. The zero-order valence-corrected chi connectivity index (χ0v) is 19.7. The first kappa shape index (κ1) is 21.5. The molecule has 1 N–H and O–H groups in total. The molecule has 1 amide bonds. The molecule has 1 aliphatic heterocycles. The van der Waals surface area contributed by atoms with Crippen LogP contribution in [0.2, 0.25) is 0 Å². The van der Waals surface area contributed by atoms with Gasteiger partial charge in [-0.25, -0.2) is 8.42 Å². The van der Waals surface area contributed by atoms with Crippen LogP contribution in [0.4, 0.5) is 5.69 Å². The fourth-order valence-corrected chi connectivity index (χ4v) is 5.94. The number of nitrogens with one attached hydrogen (secondary N) is 1.